The van der Waals surface area contributed by atoms with Gasteiger partial charge in [-0.1, -0.05) is 12.1 Å². The zero-order valence-electron chi connectivity index (χ0n) is 21.5. The third-order valence-electron chi connectivity index (χ3n) is 5.59. The Morgan fingerprint density at radius 1 is 0.974 bits per heavy atom. The van der Waals surface area contributed by atoms with Crippen molar-refractivity contribution in [2.75, 3.05) is 6.54 Å². The number of aliphatic carboxylic acids is 1. The Bertz CT molecular complexity index is 1130. The molecule has 0 radical (unpaired) electrons. The molecule has 0 aliphatic carbocycles. The molecule has 0 aliphatic rings. The van der Waals surface area contributed by atoms with Crippen LogP contribution in [0.15, 0.2) is 41.8 Å². The van der Waals surface area contributed by atoms with Gasteiger partial charge in [-0.05, 0) is 37.5 Å². The molecule has 1 aromatic heterocycles. The van der Waals surface area contributed by atoms with Gasteiger partial charge >= 0.3 is 5.97 Å². The monoisotopic (exact) mass is 545 g/mol. The van der Waals surface area contributed by atoms with E-state index in [4.69, 9.17) is 17.2 Å². The van der Waals surface area contributed by atoms with Crippen LogP contribution in [0.25, 0.3) is 0 Å². The fourth-order valence-corrected chi connectivity index (χ4v) is 3.51. The molecular formula is C24H35N9O6. The predicted octanol–water partition coefficient (Wildman–Crippen LogP) is -2.16. The van der Waals surface area contributed by atoms with Crippen LogP contribution >= 0.6 is 0 Å². The van der Waals surface area contributed by atoms with Crippen molar-refractivity contribution >= 4 is 29.7 Å². The van der Waals surface area contributed by atoms with Crippen molar-refractivity contribution in [1.29, 1.82) is 0 Å². The number of aromatic amines is 1. The minimum atomic E-state index is -1.32. The summed E-state index contributed by atoms with van der Waals surface area (Å²) in [6.45, 7) is 1.66. The Balaban J connectivity index is 2.20. The van der Waals surface area contributed by atoms with Crippen molar-refractivity contribution in [3.8, 4) is 5.75 Å². The molecule has 12 N–H and O–H groups in total. The number of nitrogens with one attached hydrogen (secondary N) is 4. The van der Waals surface area contributed by atoms with Crippen LogP contribution in [0.1, 0.15) is 31.0 Å². The lowest BCUT2D eigenvalue weighted by Gasteiger charge is -2.25. The molecule has 2 rings (SSSR count). The van der Waals surface area contributed by atoms with E-state index in [1.165, 1.54) is 43.7 Å². The number of carbonyl (C=O) groups excluding carboxylic acids is 3. The van der Waals surface area contributed by atoms with E-state index in [0.717, 1.165) is 0 Å². The summed E-state index contributed by atoms with van der Waals surface area (Å²) in [6, 6.07) is 1.39. The molecule has 1 aromatic carbocycles. The molecule has 39 heavy (non-hydrogen) atoms. The third kappa shape index (κ3) is 10.7. The average Bonchev–Trinajstić information content (AvgIpc) is 3.39. The van der Waals surface area contributed by atoms with Gasteiger partial charge < -0.3 is 48.3 Å². The Kier molecular flexibility index (Phi) is 11.7. The van der Waals surface area contributed by atoms with Gasteiger partial charge in [0.05, 0.1) is 12.4 Å². The number of guanidine groups is 1. The van der Waals surface area contributed by atoms with E-state index in [-0.39, 0.29) is 37.5 Å². The Morgan fingerprint density at radius 3 is 2.15 bits per heavy atom. The van der Waals surface area contributed by atoms with Crippen LogP contribution in [0.2, 0.25) is 0 Å². The molecule has 3 amide bonds. The van der Waals surface area contributed by atoms with Crippen LogP contribution in [0.5, 0.6) is 5.75 Å². The molecule has 0 aliphatic heterocycles. The Hall–Kier alpha value is -4.66. The van der Waals surface area contributed by atoms with Crippen molar-refractivity contribution in [2.24, 2.45) is 22.2 Å². The standard InChI is InChI=1S/C24H35N9O6/c1-13(25)20(35)31-17(3-2-8-29-24(26)27)21(36)32-18(10-15-11-28-12-30-15)22(37)33-19(23(38)39)9-14-4-6-16(34)7-5-14/h4-7,11-13,17-19,34H,2-3,8-10,25H2,1H3,(H,28,30)(H,31,35)(H,32,36)(H,33,37)(H,38,39)(H4,26,27,29). The van der Waals surface area contributed by atoms with Gasteiger partial charge in [-0.25, -0.2) is 9.78 Å². The number of nitrogens with zero attached hydrogens (tertiary/aromatic N) is 2. The minimum absolute atomic E-state index is 0.0148. The Morgan fingerprint density at radius 2 is 1.59 bits per heavy atom. The van der Waals surface area contributed by atoms with E-state index in [0.29, 0.717) is 17.7 Å². The Labute approximate surface area is 224 Å². The minimum Gasteiger partial charge on any atom is -0.508 e. The van der Waals surface area contributed by atoms with Crippen LogP contribution in [-0.4, -0.2) is 80.5 Å². The number of aliphatic imine (C=N–C) groups is 1. The van der Waals surface area contributed by atoms with E-state index in [1.807, 2.05) is 0 Å². The number of benzene rings is 1. The lowest BCUT2D eigenvalue weighted by Crippen LogP contribution is -2.57. The fourth-order valence-electron chi connectivity index (χ4n) is 3.51. The van der Waals surface area contributed by atoms with Gasteiger partial charge in [0.25, 0.3) is 0 Å². The topological polar surface area (TPSA) is 264 Å². The first kappa shape index (κ1) is 30.6. The molecule has 15 nitrogen and oxygen atoms in total. The molecule has 0 fully saturated rings. The predicted molar refractivity (Wildman–Crippen MR) is 141 cm³/mol. The van der Waals surface area contributed by atoms with Crippen molar-refractivity contribution in [2.45, 2.75) is 56.8 Å². The van der Waals surface area contributed by atoms with Gasteiger partial charge in [-0.3, -0.25) is 19.4 Å². The number of aromatic hydroxyl groups is 1. The highest BCUT2D eigenvalue weighted by Gasteiger charge is 2.30. The van der Waals surface area contributed by atoms with E-state index in [2.05, 4.69) is 30.9 Å². The first-order valence-electron chi connectivity index (χ1n) is 12.2. The number of nitrogens with two attached hydrogens (primary N) is 3. The van der Waals surface area contributed by atoms with Crippen LogP contribution in [0.3, 0.4) is 0 Å². The van der Waals surface area contributed by atoms with Crippen molar-refractivity contribution in [3.63, 3.8) is 0 Å². The van der Waals surface area contributed by atoms with Crippen molar-refractivity contribution in [3.05, 3.63) is 48.0 Å². The van der Waals surface area contributed by atoms with E-state index >= 15 is 0 Å². The maximum Gasteiger partial charge on any atom is 0.326 e. The molecular weight excluding hydrogens is 510 g/mol. The molecule has 212 valence electrons. The molecule has 0 bridgehead atoms. The summed E-state index contributed by atoms with van der Waals surface area (Å²) in [4.78, 5) is 61.2. The van der Waals surface area contributed by atoms with Gasteiger partial charge in [-0.15, -0.1) is 0 Å². The summed E-state index contributed by atoms with van der Waals surface area (Å²) < 4.78 is 0. The van der Waals surface area contributed by atoms with E-state index < -0.39 is 47.9 Å². The summed E-state index contributed by atoms with van der Waals surface area (Å²) in [7, 11) is 0. The molecule has 15 heteroatoms. The van der Waals surface area contributed by atoms with Crippen LogP contribution in [0.4, 0.5) is 0 Å². The number of hydrogen-bond donors (Lipinski definition) is 9. The van der Waals surface area contributed by atoms with Crippen LogP contribution in [0, 0.1) is 0 Å². The normalized spacial score (nSPS) is 13.8. The van der Waals surface area contributed by atoms with Gasteiger partial charge in [0.1, 0.15) is 23.9 Å². The van der Waals surface area contributed by atoms with Gasteiger partial charge in [0.15, 0.2) is 5.96 Å². The first-order valence-corrected chi connectivity index (χ1v) is 12.2. The number of phenolic OH excluding ortho intramolecular Hbond substituents is 1. The number of phenols is 1. The summed E-state index contributed by atoms with van der Waals surface area (Å²) in [5, 5.41) is 26.8. The smallest absolute Gasteiger partial charge is 0.326 e. The summed E-state index contributed by atoms with van der Waals surface area (Å²) in [6.07, 6.45) is 3.22. The summed E-state index contributed by atoms with van der Waals surface area (Å²) >= 11 is 0. The van der Waals surface area contributed by atoms with Gasteiger partial charge in [0.2, 0.25) is 17.7 Å². The second-order valence-corrected chi connectivity index (χ2v) is 8.91. The van der Waals surface area contributed by atoms with Gasteiger partial charge in [-0.2, -0.15) is 0 Å². The number of carboxylic acid groups (broad SMARTS) is 1. The van der Waals surface area contributed by atoms with Crippen LogP contribution < -0.4 is 33.2 Å². The lowest BCUT2D eigenvalue weighted by atomic mass is 10.0. The lowest BCUT2D eigenvalue weighted by molar-refractivity contribution is -0.142. The third-order valence-corrected chi connectivity index (χ3v) is 5.59. The number of aromatic nitrogens is 2. The largest absolute Gasteiger partial charge is 0.508 e. The maximum atomic E-state index is 13.2. The highest BCUT2D eigenvalue weighted by molar-refractivity contribution is 5.94. The molecule has 4 atom stereocenters. The second-order valence-electron chi connectivity index (χ2n) is 8.91. The number of rotatable bonds is 15. The fraction of sp³-hybridized carbons (Fsp3) is 0.417. The van der Waals surface area contributed by atoms with Gasteiger partial charge in [0, 0.05) is 31.3 Å². The van der Waals surface area contributed by atoms with Crippen molar-refractivity contribution in [1.82, 2.24) is 25.9 Å². The number of carboxylic acids is 1. The quantitative estimate of drug-likeness (QED) is 0.0664. The number of amides is 3. The average molecular weight is 546 g/mol. The SMILES string of the molecule is CC(N)C(=O)NC(CCCN=C(N)N)C(=O)NC(Cc1cnc[nH]1)C(=O)NC(Cc1ccc(O)cc1)C(=O)O. The summed E-state index contributed by atoms with van der Waals surface area (Å²) in [5.41, 5.74) is 17.4. The molecule has 0 saturated carbocycles. The molecule has 4 unspecified atom stereocenters. The zero-order chi connectivity index (χ0) is 28.9. The zero-order valence-corrected chi connectivity index (χ0v) is 21.5. The molecule has 0 spiro atoms. The number of carbonyl (C=O) groups is 4. The van der Waals surface area contributed by atoms with E-state index in [1.54, 1.807) is 0 Å². The van der Waals surface area contributed by atoms with E-state index in [9.17, 15) is 29.4 Å². The van der Waals surface area contributed by atoms with Crippen LogP contribution in [-0.2, 0) is 32.0 Å². The molecule has 0 saturated heterocycles. The number of imidazole rings is 1. The first-order chi connectivity index (χ1) is 18.5. The number of H-pyrrole nitrogens is 1. The molecule has 2 aromatic rings. The second kappa shape index (κ2) is 14.9. The van der Waals surface area contributed by atoms with Crippen molar-refractivity contribution < 1.29 is 29.4 Å². The highest BCUT2D eigenvalue weighted by atomic mass is 16.4. The summed E-state index contributed by atoms with van der Waals surface area (Å²) in [5.74, 6) is -3.41. The number of hydrogen-bond acceptors (Lipinski definition) is 8. The maximum absolute atomic E-state index is 13.2. The highest BCUT2D eigenvalue weighted by Crippen LogP contribution is 2.12. The molecule has 1 heterocycles.